The summed E-state index contributed by atoms with van der Waals surface area (Å²) in [5, 5.41) is 2.23. The summed E-state index contributed by atoms with van der Waals surface area (Å²) in [5.41, 5.74) is -0.239. The molecule has 1 N–H and O–H groups in total. The third-order valence-electron chi connectivity index (χ3n) is 2.31. The van der Waals surface area contributed by atoms with Crippen molar-refractivity contribution in [2.75, 3.05) is 11.4 Å². The van der Waals surface area contributed by atoms with E-state index in [0.29, 0.717) is 4.90 Å². The topological polar surface area (TPSA) is 49.4 Å². The van der Waals surface area contributed by atoms with Crippen molar-refractivity contribution < 1.29 is 18.4 Å². The standard InChI is InChI=1S/C10H8F2N2O2/c1-5-2-7(12)8(3-6(5)11)14-9(15)4-13-10(14)16/h2-3H,4H2,1H3,(H,13,16). The summed E-state index contributed by atoms with van der Waals surface area (Å²) in [5.74, 6) is -2.07. The molecule has 4 nitrogen and oxygen atoms in total. The lowest BCUT2D eigenvalue weighted by molar-refractivity contribution is -0.115. The highest BCUT2D eigenvalue weighted by atomic mass is 19.1. The van der Waals surface area contributed by atoms with Crippen molar-refractivity contribution in [2.45, 2.75) is 6.92 Å². The number of imide groups is 1. The molecule has 1 aromatic carbocycles. The molecule has 2 rings (SSSR count). The van der Waals surface area contributed by atoms with Gasteiger partial charge in [0.25, 0.3) is 5.91 Å². The van der Waals surface area contributed by atoms with E-state index in [9.17, 15) is 18.4 Å². The van der Waals surface area contributed by atoms with Crippen molar-refractivity contribution in [3.8, 4) is 0 Å². The van der Waals surface area contributed by atoms with E-state index in [2.05, 4.69) is 5.32 Å². The zero-order valence-corrected chi connectivity index (χ0v) is 8.38. The van der Waals surface area contributed by atoms with E-state index in [1.54, 1.807) is 0 Å². The molecule has 3 amide bonds. The van der Waals surface area contributed by atoms with Crippen LogP contribution in [-0.2, 0) is 4.79 Å². The Morgan fingerprint density at radius 1 is 1.25 bits per heavy atom. The molecular formula is C10H8F2N2O2. The van der Waals surface area contributed by atoms with Crippen LogP contribution in [-0.4, -0.2) is 18.5 Å². The van der Waals surface area contributed by atoms with Crippen LogP contribution in [0, 0.1) is 18.6 Å². The zero-order chi connectivity index (χ0) is 11.9. The first-order valence-electron chi connectivity index (χ1n) is 4.57. The van der Waals surface area contributed by atoms with E-state index in [4.69, 9.17) is 0 Å². The first kappa shape index (κ1) is 10.5. The minimum atomic E-state index is -0.802. The Balaban J connectivity index is 2.51. The minimum Gasteiger partial charge on any atom is -0.328 e. The molecule has 0 atom stereocenters. The highest BCUT2D eigenvalue weighted by Crippen LogP contribution is 2.24. The van der Waals surface area contributed by atoms with Gasteiger partial charge < -0.3 is 5.32 Å². The van der Waals surface area contributed by atoms with Crippen LogP contribution in [0.2, 0.25) is 0 Å². The Labute approximate surface area is 89.8 Å². The lowest BCUT2D eigenvalue weighted by Gasteiger charge is -2.13. The number of benzene rings is 1. The van der Waals surface area contributed by atoms with Crippen LogP contribution in [0.5, 0.6) is 0 Å². The molecule has 1 heterocycles. The number of aryl methyl sites for hydroxylation is 1. The van der Waals surface area contributed by atoms with Crippen molar-refractivity contribution in [1.82, 2.24) is 5.32 Å². The monoisotopic (exact) mass is 226 g/mol. The van der Waals surface area contributed by atoms with Crippen molar-refractivity contribution >= 4 is 17.6 Å². The molecule has 1 aliphatic heterocycles. The van der Waals surface area contributed by atoms with Crippen LogP contribution in [0.3, 0.4) is 0 Å². The quantitative estimate of drug-likeness (QED) is 0.734. The van der Waals surface area contributed by atoms with Gasteiger partial charge in [0, 0.05) is 6.07 Å². The molecular weight excluding hydrogens is 218 g/mol. The fraction of sp³-hybridized carbons (Fsp3) is 0.200. The lowest BCUT2D eigenvalue weighted by Crippen LogP contribution is -2.31. The second kappa shape index (κ2) is 3.55. The van der Waals surface area contributed by atoms with Gasteiger partial charge in [0.2, 0.25) is 0 Å². The summed E-state index contributed by atoms with van der Waals surface area (Å²) in [6, 6.07) is 1.05. The fourth-order valence-corrected chi connectivity index (χ4v) is 1.47. The Morgan fingerprint density at radius 3 is 2.50 bits per heavy atom. The number of urea groups is 1. The number of halogens is 2. The first-order chi connectivity index (χ1) is 7.50. The van der Waals surface area contributed by atoms with Crippen LogP contribution < -0.4 is 10.2 Å². The smallest absolute Gasteiger partial charge is 0.328 e. The molecule has 1 aromatic rings. The second-order valence-electron chi connectivity index (χ2n) is 3.44. The van der Waals surface area contributed by atoms with Gasteiger partial charge in [-0.3, -0.25) is 4.79 Å². The Morgan fingerprint density at radius 2 is 1.94 bits per heavy atom. The predicted octanol–water partition coefficient (Wildman–Crippen LogP) is 1.33. The molecule has 0 bridgehead atoms. The van der Waals surface area contributed by atoms with Crippen molar-refractivity contribution in [2.24, 2.45) is 0 Å². The number of carbonyl (C=O) groups excluding carboxylic acids is 2. The van der Waals surface area contributed by atoms with Gasteiger partial charge in [-0.15, -0.1) is 0 Å². The molecule has 1 aliphatic rings. The largest absolute Gasteiger partial charge is 0.329 e. The van der Waals surface area contributed by atoms with Gasteiger partial charge >= 0.3 is 6.03 Å². The highest BCUT2D eigenvalue weighted by molar-refractivity contribution is 6.19. The molecule has 1 saturated heterocycles. The molecule has 0 aromatic heterocycles. The number of nitrogens with one attached hydrogen (secondary N) is 1. The lowest BCUT2D eigenvalue weighted by atomic mass is 10.2. The third-order valence-corrected chi connectivity index (χ3v) is 2.31. The number of hydrogen-bond donors (Lipinski definition) is 1. The minimum absolute atomic E-state index is 0.119. The van der Waals surface area contributed by atoms with Gasteiger partial charge in [0.05, 0.1) is 12.2 Å². The summed E-state index contributed by atoms with van der Waals surface area (Å²) in [6.45, 7) is 1.20. The number of nitrogens with zero attached hydrogens (tertiary/aromatic N) is 1. The zero-order valence-electron chi connectivity index (χ0n) is 8.38. The van der Waals surface area contributed by atoms with Crippen molar-refractivity contribution in [3.05, 3.63) is 29.3 Å². The Hall–Kier alpha value is -1.98. The molecule has 0 saturated carbocycles. The molecule has 0 unspecified atom stereocenters. The van der Waals surface area contributed by atoms with E-state index in [-0.39, 0.29) is 17.8 Å². The molecule has 6 heteroatoms. The van der Waals surface area contributed by atoms with Crippen LogP contribution in [0.1, 0.15) is 5.56 Å². The maximum Gasteiger partial charge on any atom is 0.329 e. The van der Waals surface area contributed by atoms with Crippen molar-refractivity contribution in [1.29, 1.82) is 0 Å². The fourth-order valence-electron chi connectivity index (χ4n) is 1.47. The molecule has 0 radical (unpaired) electrons. The van der Waals surface area contributed by atoms with Gasteiger partial charge in [-0.2, -0.15) is 0 Å². The molecule has 1 fully saturated rings. The van der Waals surface area contributed by atoms with E-state index >= 15 is 0 Å². The van der Waals surface area contributed by atoms with E-state index in [1.807, 2.05) is 0 Å². The number of anilines is 1. The molecule has 0 spiro atoms. The van der Waals surface area contributed by atoms with Gasteiger partial charge in [0.1, 0.15) is 11.6 Å². The second-order valence-corrected chi connectivity index (χ2v) is 3.44. The maximum absolute atomic E-state index is 13.5. The predicted molar refractivity (Wildman–Crippen MR) is 52.0 cm³/mol. The van der Waals surface area contributed by atoms with Crippen LogP contribution in [0.25, 0.3) is 0 Å². The normalized spacial score (nSPS) is 15.6. The summed E-state index contributed by atoms with van der Waals surface area (Å²) < 4.78 is 26.7. The summed E-state index contributed by atoms with van der Waals surface area (Å²) >= 11 is 0. The van der Waals surface area contributed by atoms with E-state index in [0.717, 1.165) is 12.1 Å². The van der Waals surface area contributed by atoms with E-state index in [1.165, 1.54) is 6.92 Å². The van der Waals surface area contributed by atoms with Gasteiger partial charge in [-0.1, -0.05) is 0 Å². The average molecular weight is 226 g/mol. The molecule has 16 heavy (non-hydrogen) atoms. The Bertz CT molecular complexity index is 472. The summed E-state index contributed by atoms with van der Waals surface area (Å²) in [7, 11) is 0. The number of rotatable bonds is 1. The maximum atomic E-state index is 13.5. The number of carbonyl (C=O) groups is 2. The van der Waals surface area contributed by atoms with Crippen LogP contribution in [0.15, 0.2) is 12.1 Å². The molecule has 84 valence electrons. The summed E-state index contributed by atoms with van der Waals surface area (Å²) in [6.07, 6.45) is 0. The number of amides is 3. The molecule has 0 aliphatic carbocycles. The third kappa shape index (κ3) is 1.52. The Kier molecular flexibility index (Phi) is 2.34. The summed E-state index contributed by atoms with van der Waals surface area (Å²) in [4.78, 5) is 23.1. The van der Waals surface area contributed by atoms with E-state index < -0.39 is 23.6 Å². The van der Waals surface area contributed by atoms with Crippen LogP contribution >= 0.6 is 0 Å². The van der Waals surface area contributed by atoms with Crippen LogP contribution in [0.4, 0.5) is 19.3 Å². The van der Waals surface area contributed by atoms with Gasteiger partial charge in [-0.25, -0.2) is 18.5 Å². The average Bonchev–Trinajstić information content (AvgIpc) is 2.53. The SMILES string of the molecule is Cc1cc(F)c(N2C(=O)CNC2=O)cc1F. The first-order valence-corrected chi connectivity index (χ1v) is 4.57. The number of hydrogen-bond acceptors (Lipinski definition) is 2. The van der Waals surface area contributed by atoms with Crippen molar-refractivity contribution in [3.63, 3.8) is 0 Å². The van der Waals surface area contributed by atoms with Gasteiger partial charge in [0.15, 0.2) is 0 Å². The van der Waals surface area contributed by atoms with Gasteiger partial charge in [-0.05, 0) is 18.6 Å². The highest BCUT2D eigenvalue weighted by Gasteiger charge is 2.32.